The van der Waals surface area contributed by atoms with Gasteiger partial charge in [0.05, 0.1) is 11.9 Å². The number of para-hydroxylation sites is 1. The van der Waals surface area contributed by atoms with Gasteiger partial charge in [0, 0.05) is 6.92 Å². The molecule has 0 aliphatic carbocycles. The van der Waals surface area contributed by atoms with Crippen molar-refractivity contribution in [3.05, 3.63) is 36.5 Å². The number of benzene rings is 1. The van der Waals surface area contributed by atoms with E-state index in [1.165, 1.54) is 17.8 Å². The number of anilines is 1. The second-order valence-corrected chi connectivity index (χ2v) is 3.24. The SMILES string of the molecule is CC(=O)Oc1cnn(-c2ccccc2)c1N. The fourth-order valence-electron chi connectivity index (χ4n) is 1.35. The fraction of sp³-hybridized carbons (Fsp3) is 0.0909. The van der Waals surface area contributed by atoms with Crippen LogP contribution in [0.3, 0.4) is 0 Å². The van der Waals surface area contributed by atoms with Crippen LogP contribution < -0.4 is 10.5 Å². The molecule has 0 bridgehead atoms. The topological polar surface area (TPSA) is 70.1 Å². The van der Waals surface area contributed by atoms with Crippen molar-refractivity contribution >= 4 is 11.8 Å². The zero-order valence-electron chi connectivity index (χ0n) is 8.75. The molecule has 1 heterocycles. The molecule has 2 N–H and O–H groups in total. The Balaban J connectivity index is 2.37. The van der Waals surface area contributed by atoms with E-state index in [2.05, 4.69) is 5.10 Å². The number of rotatable bonds is 2. The normalized spacial score (nSPS) is 10.1. The van der Waals surface area contributed by atoms with Crippen molar-refractivity contribution in [2.24, 2.45) is 0 Å². The van der Waals surface area contributed by atoms with E-state index in [-0.39, 0.29) is 5.75 Å². The van der Waals surface area contributed by atoms with Crippen molar-refractivity contribution in [3.63, 3.8) is 0 Å². The van der Waals surface area contributed by atoms with Crippen LogP contribution >= 0.6 is 0 Å². The molecule has 2 aromatic rings. The third-order valence-corrected chi connectivity index (χ3v) is 2.03. The minimum Gasteiger partial charge on any atom is -0.421 e. The number of esters is 1. The summed E-state index contributed by atoms with van der Waals surface area (Å²) in [6.45, 7) is 1.32. The molecule has 0 aliphatic rings. The number of carbonyl (C=O) groups is 1. The number of carbonyl (C=O) groups excluding carboxylic acids is 1. The van der Waals surface area contributed by atoms with Gasteiger partial charge in [0.25, 0.3) is 0 Å². The highest BCUT2D eigenvalue weighted by Crippen LogP contribution is 2.23. The molecule has 0 spiro atoms. The number of nitrogen functional groups attached to an aromatic ring is 1. The average molecular weight is 217 g/mol. The van der Waals surface area contributed by atoms with Gasteiger partial charge >= 0.3 is 5.97 Å². The molecule has 82 valence electrons. The summed E-state index contributed by atoms with van der Waals surface area (Å²) < 4.78 is 6.41. The Hall–Kier alpha value is -2.30. The lowest BCUT2D eigenvalue weighted by molar-refractivity contribution is -0.131. The van der Waals surface area contributed by atoms with Gasteiger partial charge in [-0.05, 0) is 12.1 Å². The second-order valence-electron chi connectivity index (χ2n) is 3.24. The van der Waals surface area contributed by atoms with E-state index in [9.17, 15) is 4.79 Å². The van der Waals surface area contributed by atoms with E-state index >= 15 is 0 Å². The van der Waals surface area contributed by atoms with E-state index in [1.54, 1.807) is 0 Å². The van der Waals surface area contributed by atoms with Crippen LogP contribution in [0.5, 0.6) is 5.75 Å². The summed E-state index contributed by atoms with van der Waals surface area (Å²) in [6, 6.07) is 9.38. The standard InChI is InChI=1S/C11H11N3O2/c1-8(15)16-10-7-13-14(11(10)12)9-5-3-2-4-6-9/h2-7H,12H2,1H3. The molecule has 2 rings (SSSR count). The van der Waals surface area contributed by atoms with Gasteiger partial charge in [-0.2, -0.15) is 5.10 Å². The van der Waals surface area contributed by atoms with E-state index in [0.717, 1.165) is 5.69 Å². The van der Waals surface area contributed by atoms with Crippen molar-refractivity contribution in [2.75, 3.05) is 5.73 Å². The molecule has 5 nitrogen and oxygen atoms in total. The van der Waals surface area contributed by atoms with Gasteiger partial charge < -0.3 is 10.5 Å². The van der Waals surface area contributed by atoms with Gasteiger partial charge in [-0.25, -0.2) is 4.68 Å². The van der Waals surface area contributed by atoms with E-state index < -0.39 is 5.97 Å². The molecule has 5 heteroatoms. The molecule has 0 unspecified atom stereocenters. The summed E-state index contributed by atoms with van der Waals surface area (Å²) in [5.74, 6) is 0.164. The van der Waals surface area contributed by atoms with E-state index in [0.29, 0.717) is 5.82 Å². The maximum atomic E-state index is 10.8. The summed E-state index contributed by atoms with van der Waals surface area (Å²) in [5.41, 5.74) is 6.62. The molecule has 16 heavy (non-hydrogen) atoms. The molecule has 0 aliphatic heterocycles. The third-order valence-electron chi connectivity index (χ3n) is 2.03. The summed E-state index contributed by atoms with van der Waals surface area (Å²) in [4.78, 5) is 10.8. The third kappa shape index (κ3) is 1.88. The Morgan fingerprint density at radius 2 is 2.06 bits per heavy atom. The monoisotopic (exact) mass is 217 g/mol. The minimum absolute atomic E-state index is 0.274. The van der Waals surface area contributed by atoms with Gasteiger partial charge in [-0.3, -0.25) is 4.79 Å². The molecule has 0 saturated heterocycles. The average Bonchev–Trinajstić information content (AvgIpc) is 2.61. The Kier molecular flexibility index (Phi) is 2.59. The zero-order valence-corrected chi connectivity index (χ0v) is 8.75. The molecule has 0 atom stereocenters. The summed E-state index contributed by atoms with van der Waals surface area (Å²) >= 11 is 0. The Labute approximate surface area is 92.4 Å². The number of ether oxygens (including phenoxy) is 1. The molecular weight excluding hydrogens is 206 g/mol. The smallest absolute Gasteiger partial charge is 0.308 e. The molecule has 1 aromatic carbocycles. The van der Waals surface area contributed by atoms with Crippen molar-refractivity contribution in [3.8, 4) is 11.4 Å². The van der Waals surface area contributed by atoms with Gasteiger partial charge in [0.1, 0.15) is 0 Å². The lowest BCUT2D eigenvalue weighted by atomic mass is 10.3. The summed E-state index contributed by atoms with van der Waals surface area (Å²) in [6.07, 6.45) is 1.42. The summed E-state index contributed by atoms with van der Waals surface area (Å²) in [7, 11) is 0. The van der Waals surface area contributed by atoms with Gasteiger partial charge in [0.2, 0.25) is 0 Å². The highest BCUT2D eigenvalue weighted by molar-refractivity contribution is 5.71. The molecule has 1 aromatic heterocycles. The molecule has 0 radical (unpaired) electrons. The molecule has 0 amide bonds. The number of aromatic nitrogens is 2. The first-order chi connectivity index (χ1) is 7.68. The minimum atomic E-state index is -0.417. The maximum Gasteiger partial charge on any atom is 0.308 e. The van der Waals surface area contributed by atoms with Crippen LogP contribution in [0.15, 0.2) is 36.5 Å². The Bertz CT molecular complexity index is 505. The van der Waals surface area contributed by atoms with Crippen molar-refractivity contribution < 1.29 is 9.53 Å². The van der Waals surface area contributed by atoms with Gasteiger partial charge in [0.15, 0.2) is 11.6 Å². The van der Waals surface area contributed by atoms with Crippen LogP contribution in [-0.2, 0) is 4.79 Å². The van der Waals surface area contributed by atoms with E-state index in [1.807, 2.05) is 30.3 Å². The largest absolute Gasteiger partial charge is 0.421 e. The van der Waals surface area contributed by atoms with Crippen LogP contribution in [0.1, 0.15) is 6.92 Å². The molecular formula is C11H11N3O2. The predicted octanol–water partition coefficient (Wildman–Crippen LogP) is 1.38. The van der Waals surface area contributed by atoms with Crippen molar-refractivity contribution in [1.82, 2.24) is 9.78 Å². The molecule has 0 saturated carbocycles. The van der Waals surface area contributed by atoms with Crippen LogP contribution in [-0.4, -0.2) is 15.7 Å². The second kappa shape index (κ2) is 4.06. The lowest BCUT2D eigenvalue weighted by Gasteiger charge is -2.04. The predicted molar refractivity (Wildman–Crippen MR) is 59.3 cm³/mol. The van der Waals surface area contributed by atoms with Gasteiger partial charge in [-0.15, -0.1) is 0 Å². The Morgan fingerprint density at radius 1 is 1.38 bits per heavy atom. The van der Waals surface area contributed by atoms with Crippen LogP contribution in [0.2, 0.25) is 0 Å². The first-order valence-electron chi connectivity index (χ1n) is 4.76. The fourth-order valence-corrected chi connectivity index (χ4v) is 1.35. The lowest BCUT2D eigenvalue weighted by Crippen LogP contribution is -2.05. The number of hydrogen-bond acceptors (Lipinski definition) is 4. The van der Waals surface area contributed by atoms with Crippen LogP contribution in [0, 0.1) is 0 Å². The van der Waals surface area contributed by atoms with Crippen LogP contribution in [0.4, 0.5) is 5.82 Å². The quantitative estimate of drug-likeness (QED) is 0.771. The number of nitrogens with two attached hydrogens (primary N) is 1. The zero-order chi connectivity index (χ0) is 11.5. The first-order valence-corrected chi connectivity index (χ1v) is 4.76. The van der Waals surface area contributed by atoms with E-state index in [4.69, 9.17) is 10.5 Å². The number of hydrogen-bond donors (Lipinski definition) is 1. The van der Waals surface area contributed by atoms with Crippen molar-refractivity contribution in [1.29, 1.82) is 0 Å². The van der Waals surface area contributed by atoms with Crippen molar-refractivity contribution in [2.45, 2.75) is 6.92 Å². The first kappa shape index (κ1) is 10.2. The number of nitrogens with zero attached hydrogens (tertiary/aromatic N) is 2. The summed E-state index contributed by atoms with van der Waals surface area (Å²) in [5, 5.41) is 4.05. The van der Waals surface area contributed by atoms with Gasteiger partial charge in [-0.1, -0.05) is 18.2 Å². The maximum absolute atomic E-state index is 10.8. The molecule has 0 fully saturated rings. The highest BCUT2D eigenvalue weighted by atomic mass is 16.5. The highest BCUT2D eigenvalue weighted by Gasteiger charge is 2.11. The Morgan fingerprint density at radius 3 is 2.69 bits per heavy atom. The van der Waals surface area contributed by atoms with Crippen LogP contribution in [0.25, 0.3) is 5.69 Å².